The first-order chi connectivity index (χ1) is 6.33. The molecule has 76 valence electrons. The largest absolute Gasteiger partial charge is 0.381 e. The van der Waals surface area contributed by atoms with E-state index >= 15 is 0 Å². The quantitative estimate of drug-likeness (QED) is 0.589. The van der Waals surface area contributed by atoms with E-state index in [2.05, 4.69) is 10.6 Å². The number of hydrogen-bond acceptors (Lipinski definition) is 3. The molecule has 1 amide bonds. The van der Waals surface area contributed by atoms with Crippen LogP contribution in [0.5, 0.6) is 0 Å². The topological polar surface area (TPSA) is 50.4 Å². The van der Waals surface area contributed by atoms with Crippen LogP contribution in [0.4, 0.5) is 0 Å². The highest BCUT2D eigenvalue weighted by molar-refractivity contribution is 5.76. The van der Waals surface area contributed by atoms with Crippen molar-refractivity contribution in [2.75, 3.05) is 26.3 Å². The van der Waals surface area contributed by atoms with Crippen LogP contribution in [-0.4, -0.2) is 38.3 Å². The molecule has 1 aliphatic heterocycles. The van der Waals surface area contributed by atoms with Crippen molar-refractivity contribution < 1.29 is 9.53 Å². The summed E-state index contributed by atoms with van der Waals surface area (Å²) in [7, 11) is 0. The molecule has 1 atom stereocenters. The molecule has 1 fully saturated rings. The fourth-order valence-electron chi connectivity index (χ4n) is 1.39. The summed E-state index contributed by atoms with van der Waals surface area (Å²) < 4.78 is 5.09. The third-order valence-corrected chi connectivity index (χ3v) is 2.10. The second-order valence-corrected chi connectivity index (χ2v) is 3.20. The number of hydrogen-bond donors (Lipinski definition) is 2. The van der Waals surface area contributed by atoms with Gasteiger partial charge in [-0.2, -0.15) is 0 Å². The Balaban J connectivity index is 2.02. The van der Waals surface area contributed by atoms with Gasteiger partial charge < -0.3 is 15.4 Å². The van der Waals surface area contributed by atoms with E-state index in [1.54, 1.807) is 0 Å². The molecule has 2 N–H and O–H groups in total. The summed E-state index contributed by atoms with van der Waals surface area (Å²) in [4.78, 5) is 11.3. The number of ether oxygens (including phenoxy) is 1. The summed E-state index contributed by atoms with van der Waals surface area (Å²) in [6.07, 6.45) is 1.52. The minimum atomic E-state index is 0.0992. The minimum absolute atomic E-state index is 0.0992. The first-order valence-corrected chi connectivity index (χ1v) is 4.90. The van der Waals surface area contributed by atoms with Crippen LogP contribution in [-0.2, 0) is 9.53 Å². The molecule has 0 aromatic carbocycles. The Hall–Kier alpha value is -0.610. The van der Waals surface area contributed by atoms with E-state index in [-0.39, 0.29) is 5.91 Å². The molecule has 1 unspecified atom stereocenters. The standard InChI is InChI=1S/C9H18N2O2/c1-2-13-6-4-9(12)11-8-3-5-10-7-8/h8,10H,2-7H2,1H3,(H,11,12). The van der Waals surface area contributed by atoms with Crippen molar-refractivity contribution in [1.82, 2.24) is 10.6 Å². The van der Waals surface area contributed by atoms with Gasteiger partial charge in [0.25, 0.3) is 0 Å². The van der Waals surface area contributed by atoms with Crippen LogP contribution in [0.1, 0.15) is 19.8 Å². The van der Waals surface area contributed by atoms with Crippen molar-refractivity contribution in [2.24, 2.45) is 0 Å². The second kappa shape index (κ2) is 5.94. The van der Waals surface area contributed by atoms with Crippen molar-refractivity contribution in [1.29, 1.82) is 0 Å². The monoisotopic (exact) mass is 186 g/mol. The molecule has 0 aliphatic carbocycles. The van der Waals surface area contributed by atoms with Crippen LogP contribution < -0.4 is 10.6 Å². The van der Waals surface area contributed by atoms with E-state index < -0.39 is 0 Å². The van der Waals surface area contributed by atoms with Gasteiger partial charge in [-0.05, 0) is 19.9 Å². The molecule has 1 heterocycles. The zero-order valence-corrected chi connectivity index (χ0v) is 8.14. The second-order valence-electron chi connectivity index (χ2n) is 3.20. The molecule has 0 bridgehead atoms. The zero-order valence-electron chi connectivity index (χ0n) is 8.14. The van der Waals surface area contributed by atoms with E-state index in [9.17, 15) is 4.79 Å². The highest BCUT2D eigenvalue weighted by Gasteiger charge is 2.15. The summed E-state index contributed by atoms with van der Waals surface area (Å²) in [6, 6.07) is 0.328. The Kier molecular flexibility index (Phi) is 4.78. The summed E-state index contributed by atoms with van der Waals surface area (Å²) in [5.41, 5.74) is 0. The molecule has 0 aromatic heterocycles. The molecule has 4 heteroatoms. The Morgan fingerprint density at radius 1 is 1.69 bits per heavy atom. The molecule has 0 saturated carbocycles. The lowest BCUT2D eigenvalue weighted by Crippen LogP contribution is -2.36. The Labute approximate surface area is 79.0 Å². The fraction of sp³-hybridized carbons (Fsp3) is 0.889. The molecular weight excluding hydrogens is 168 g/mol. The maximum absolute atomic E-state index is 11.3. The first kappa shape index (κ1) is 10.5. The molecule has 13 heavy (non-hydrogen) atoms. The third-order valence-electron chi connectivity index (χ3n) is 2.10. The SMILES string of the molecule is CCOCCC(=O)NC1CCNC1. The normalized spacial score (nSPS) is 21.8. The van der Waals surface area contributed by atoms with Gasteiger partial charge in [0.2, 0.25) is 5.91 Å². The minimum Gasteiger partial charge on any atom is -0.381 e. The van der Waals surface area contributed by atoms with Gasteiger partial charge in [-0.15, -0.1) is 0 Å². The molecule has 4 nitrogen and oxygen atoms in total. The molecule has 0 spiro atoms. The van der Waals surface area contributed by atoms with Crippen molar-refractivity contribution in [3.05, 3.63) is 0 Å². The van der Waals surface area contributed by atoms with Crippen LogP contribution in [0.25, 0.3) is 0 Å². The van der Waals surface area contributed by atoms with Gasteiger partial charge in [-0.3, -0.25) is 4.79 Å². The lowest BCUT2D eigenvalue weighted by atomic mass is 10.2. The highest BCUT2D eigenvalue weighted by atomic mass is 16.5. The lowest BCUT2D eigenvalue weighted by molar-refractivity contribution is -0.122. The maximum atomic E-state index is 11.3. The summed E-state index contributed by atoms with van der Waals surface area (Å²) >= 11 is 0. The molecule has 0 aromatic rings. The fourth-order valence-corrected chi connectivity index (χ4v) is 1.39. The van der Waals surface area contributed by atoms with Gasteiger partial charge in [0.15, 0.2) is 0 Å². The average Bonchev–Trinajstić information content (AvgIpc) is 2.57. The van der Waals surface area contributed by atoms with Crippen molar-refractivity contribution in [3.63, 3.8) is 0 Å². The molecule has 1 saturated heterocycles. The van der Waals surface area contributed by atoms with Gasteiger partial charge in [-0.25, -0.2) is 0 Å². The summed E-state index contributed by atoms with van der Waals surface area (Å²) in [5, 5.41) is 6.16. The zero-order chi connectivity index (χ0) is 9.52. The van der Waals surface area contributed by atoms with Gasteiger partial charge in [0.1, 0.15) is 0 Å². The van der Waals surface area contributed by atoms with Crippen molar-refractivity contribution >= 4 is 5.91 Å². The number of carbonyl (C=O) groups is 1. The number of nitrogens with one attached hydrogen (secondary N) is 2. The Morgan fingerprint density at radius 3 is 3.15 bits per heavy atom. The van der Waals surface area contributed by atoms with Crippen molar-refractivity contribution in [2.45, 2.75) is 25.8 Å². The number of carbonyl (C=O) groups excluding carboxylic acids is 1. The van der Waals surface area contributed by atoms with Crippen LogP contribution in [0.2, 0.25) is 0 Å². The molecule has 1 aliphatic rings. The average molecular weight is 186 g/mol. The Bertz CT molecular complexity index is 156. The predicted octanol–water partition coefficient (Wildman–Crippen LogP) is -0.109. The summed E-state index contributed by atoms with van der Waals surface area (Å²) in [6.45, 7) is 5.05. The van der Waals surface area contributed by atoms with Gasteiger partial charge in [0, 0.05) is 25.6 Å². The smallest absolute Gasteiger partial charge is 0.222 e. The maximum Gasteiger partial charge on any atom is 0.222 e. The third kappa shape index (κ3) is 4.24. The molecular formula is C9H18N2O2. The van der Waals surface area contributed by atoms with Crippen LogP contribution in [0.15, 0.2) is 0 Å². The summed E-state index contributed by atoms with van der Waals surface area (Å²) in [5.74, 6) is 0.0992. The van der Waals surface area contributed by atoms with E-state index in [1.807, 2.05) is 6.92 Å². The van der Waals surface area contributed by atoms with E-state index in [0.29, 0.717) is 25.7 Å². The van der Waals surface area contributed by atoms with Crippen LogP contribution in [0.3, 0.4) is 0 Å². The van der Waals surface area contributed by atoms with E-state index in [0.717, 1.165) is 19.5 Å². The van der Waals surface area contributed by atoms with E-state index in [1.165, 1.54) is 0 Å². The van der Waals surface area contributed by atoms with Crippen LogP contribution in [0, 0.1) is 0 Å². The van der Waals surface area contributed by atoms with E-state index in [4.69, 9.17) is 4.74 Å². The predicted molar refractivity (Wildman–Crippen MR) is 50.5 cm³/mol. The molecule has 0 radical (unpaired) electrons. The van der Waals surface area contributed by atoms with Gasteiger partial charge >= 0.3 is 0 Å². The molecule has 1 rings (SSSR count). The number of rotatable bonds is 5. The van der Waals surface area contributed by atoms with Gasteiger partial charge in [-0.1, -0.05) is 0 Å². The number of amides is 1. The van der Waals surface area contributed by atoms with Gasteiger partial charge in [0.05, 0.1) is 6.61 Å². The highest BCUT2D eigenvalue weighted by Crippen LogP contribution is 1.97. The lowest BCUT2D eigenvalue weighted by Gasteiger charge is -2.10. The Morgan fingerprint density at radius 2 is 2.54 bits per heavy atom. The first-order valence-electron chi connectivity index (χ1n) is 4.90. The van der Waals surface area contributed by atoms with Crippen molar-refractivity contribution in [3.8, 4) is 0 Å². The van der Waals surface area contributed by atoms with Crippen LogP contribution >= 0.6 is 0 Å².